The lowest BCUT2D eigenvalue weighted by molar-refractivity contribution is -0.122. The standard InChI is InChI=1S/C27H23NO3/c1-31-21-14-12-20(13-15-21)28-26(29)24-22(18-8-4-2-5-9-18)16-17-23(25(24)27(28)30)19-10-6-3-7-11-19/h2-17,22-25H,1H3/t22-,23-,24-,25+/m1/s1. The van der Waals surface area contributed by atoms with Gasteiger partial charge < -0.3 is 4.74 Å². The molecular formula is C27H23NO3. The van der Waals surface area contributed by atoms with Crippen molar-refractivity contribution in [3.8, 4) is 5.75 Å². The zero-order valence-corrected chi connectivity index (χ0v) is 17.2. The van der Waals surface area contributed by atoms with Crippen molar-refractivity contribution in [3.05, 3.63) is 108 Å². The molecule has 4 nitrogen and oxygen atoms in total. The van der Waals surface area contributed by atoms with E-state index in [9.17, 15) is 9.59 Å². The van der Waals surface area contributed by atoms with Crippen LogP contribution in [0, 0.1) is 11.8 Å². The number of hydrogen-bond donors (Lipinski definition) is 0. The second-order valence-electron chi connectivity index (χ2n) is 8.02. The Morgan fingerprint density at radius 3 is 1.52 bits per heavy atom. The van der Waals surface area contributed by atoms with Crippen LogP contribution < -0.4 is 9.64 Å². The highest BCUT2D eigenvalue weighted by Crippen LogP contribution is 2.50. The highest BCUT2D eigenvalue weighted by Gasteiger charge is 2.55. The fraction of sp³-hybridized carbons (Fsp3) is 0.185. The molecule has 0 unspecified atom stereocenters. The van der Waals surface area contributed by atoms with Gasteiger partial charge in [0.15, 0.2) is 0 Å². The Balaban J connectivity index is 1.60. The van der Waals surface area contributed by atoms with E-state index in [1.54, 1.807) is 31.4 Å². The topological polar surface area (TPSA) is 46.6 Å². The second-order valence-corrected chi connectivity index (χ2v) is 8.02. The third-order valence-electron chi connectivity index (χ3n) is 6.40. The van der Waals surface area contributed by atoms with Gasteiger partial charge in [0, 0.05) is 11.8 Å². The quantitative estimate of drug-likeness (QED) is 0.453. The molecule has 31 heavy (non-hydrogen) atoms. The van der Waals surface area contributed by atoms with Crippen LogP contribution in [0.1, 0.15) is 23.0 Å². The summed E-state index contributed by atoms with van der Waals surface area (Å²) in [6, 6.07) is 27.1. The van der Waals surface area contributed by atoms with Crippen LogP contribution in [0.2, 0.25) is 0 Å². The molecule has 0 spiro atoms. The van der Waals surface area contributed by atoms with E-state index in [1.165, 1.54) is 4.90 Å². The third-order valence-corrected chi connectivity index (χ3v) is 6.40. The number of hydrogen-bond acceptors (Lipinski definition) is 3. The van der Waals surface area contributed by atoms with E-state index in [0.29, 0.717) is 11.4 Å². The summed E-state index contributed by atoms with van der Waals surface area (Å²) in [5.74, 6) is -0.735. The van der Waals surface area contributed by atoms with E-state index in [-0.39, 0.29) is 23.7 Å². The van der Waals surface area contributed by atoms with Gasteiger partial charge in [0.05, 0.1) is 24.6 Å². The van der Waals surface area contributed by atoms with E-state index >= 15 is 0 Å². The van der Waals surface area contributed by atoms with Crippen LogP contribution in [0.4, 0.5) is 5.69 Å². The Kier molecular flexibility index (Phi) is 4.91. The number of rotatable bonds is 4. The molecule has 3 aromatic rings. The molecule has 0 radical (unpaired) electrons. The zero-order valence-electron chi connectivity index (χ0n) is 17.2. The summed E-state index contributed by atoms with van der Waals surface area (Å²) in [5, 5.41) is 0. The number of carbonyl (C=O) groups is 2. The van der Waals surface area contributed by atoms with Gasteiger partial charge >= 0.3 is 0 Å². The predicted octanol–water partition coefficient (Wildman–Crippen LogP) is 4.94. The summed E-state index contributed by atoms with van der Waals surface area (Å²) in [5.41, 5.74) is 2.69. The molecule has 0 N–H and O–H groups in total. The molecule has 1 heterocycles. The molecular weight excluding hydrogens is 386 g/mol. The van der Waals surface area contributed by atoms with Crippen molar-refractivity contribution in [2.45, 2.75) is 11.8 Å². The van der Waals surface area contributed by atoms with Gasteiger partial charge in [0.1, 0.15) is 5.75 Å². The second kappa shape index (κ2) is 7.88. The predicted molar refractivity (Wildman–Crippen MR) is 120 cm³/mol. The van der Waals surface area contributed by atoms with Gasteiger partial charge in [-0.25, -0.2) is 4.90 Å². The van der Waals surface area contributed by atoms with Crippen molar-refractivity contribution >= 4 is 17.5 Å². The van der Waals surface area contributed by atoms with Crippen LogP contribution in [0.5, 0.6) is 5.75 Å². The first kappa shape index (κ1) is 19.3. The Morgan fingerprint density at radius 1 is 0.645 bits per heavy atom. The number of ether oxygens (including phenoxy) is 1. The maximum Gasteiger partial charge on any atom is 0.238 e. The molecule has 2 amide bonds. The molecule has 3 aromatic carbocycles. The lowest BCUT2D eigenvalue weighted by Crippen LogP contribution is -2.31. The van der Waals surface area contributed by atoms with Crippen LogP contribution in [0.15, 0.2) is 97.1 Å². The Labute approximate surface area is 181 Å². The van der Waals surface area contributed by atoms with Crippen molar-refractivity contribution in [1.82, 2.24) is 0 Å². The molecule has 4 heteroatoms. The third kappa shape index (κ3) is 3.25. The number of benzene rings is 3. The molecule has 1 aliphatic heterocycles. The normalized spacial score (nSPS) is 24.9. The number of nitrogens with zero attached hydrogens (tertiary/aromatic N) is 1. The molecule has 0 bridgehead atoms. The van der Waals surface area contributed by atoms with E-state index in [1.807, 2.05) is 60.7 Å². The van der Waals surface area contributed by atoms with E-state index in [4.69, 9.17) is 4.74 Å². The fourth-order valence-corrected chi connectivity index (χ4v) is 4.92. The number of anilines is 1. The van der Waals surface area contributed by atoms with E-state index in [0.717, 1.165) is 11.1 Å². The smallest absolute Gasteiger partial charge is 0.238 e. The zero-order chi connectivity index (χ0) is 21.4. The van der Waals surface area contributed by atoms with Gasteiger partial charge in [0.25, 0.3) is 0 Å². The number of methoxy groups -OCH3 is 1. The molecule has 0 saturated carbocycles. The summed E-state index contributed by atoms with van der Waals surface area (Å²) in [6.07, 6.45) is 4.22. The summed E-state index contributed by atoms with van der Waals surface area (Å²) >= 11 is 0. The number of amides is 2. The minimum atomic E-state index is -0.438. The summed E-state index contributed by atoms with van der Waals surface area (Å²) in [4.78, 5) is 28.8. The number of fused-ring (bicyclic) bond motifs is 1. The average molecular weight is 409 g/mol. The molecule has 0 aromatic heterocycles. The first-order chi connectivity index (χ1) is 15.2. The molecule has 1 aliphatic carbocycles. The highest BCUT2D eigenvalue weighted by atomic mass is 16.5. The van der Waals surface area contributed by atoms with Crippen molar-refractivity contribution < 1.29 is 14.3 Å². The molecule has 1 saturated heterocycles. The minimum Gasteiger partial charge on any atom is -0.497 e. The van der Waals surface area contributed by atoms with Crippen molar-refractivity contribution in [3.63, 3.8) is 0 Å². The minimum absolute atomic E-state index is 0.133. The van der Waals surface area contributed by atoms with Crippen LogP contribution in [0.3, 0.4) is 0 Å². The summed E-state index contributed by atoms with van der Waals surface area (Å²) in [6.45, 7) is 0. The van der Waals surface area contributed by atoms with Gasteiger partial charge in [-0.3, -0.25) is 9.59 Å². The highest BCUT2D eigenvalue weighted by molar-refractivity contribution is 6.23. The molecule has 4 atom stereocenters. The largest absolute Gasteiger partial charge is 0.497 e. The number of imide groups is 1. The Morgan fingerprint density at radius 2 is 1.10 bits per heavy atom. The Bertz CT molecular complexity index is 1050. The van der Waals surface area contributed by atoms with Gasteiger partial charge in [-0.1, -0.05) is 72.8 Å². The first-order valence-electron chi connectivity index (χ1n) is 10.5. The van der Waals surface area contributed by atoms with Crippen molar-refractivity contribution in [2.75, 3.05) is 12.0 Å². The molecule has 2 aliphatic rings. The van der Waals surface area contributed by atoms with Crippen LogP contribution >= 0.6 is 0 Å². The van der Waals surface area contributed by atoms with Gasteiger partial charge in [0.2, 0.25) is 11.8 Å². The SMILES string of the molecule is COc1ccc(N2C(=O)[C@@H]3[C@H](C2=O)[C@@H](c2ccccc2)C=C[C@@H]3c2ccccc2)cc1. The molecule has 5 rings (SSSR count). The first-order valence-corrected chi connectivity index (χ1v) is 10.5. The summed E-state index contributed by atoms with van der Waals surface area (Å²) in [7, 11) is 1.59. The van der Waals surface area contributed by atoms with Gasteiger partial charge in [-0.15, -0.1) is 0 Å². The molecule has 1 fully saturated rings. The van der Waals surface area contributed by atoms with Crippen LogP contribution in [-0.2, 0) is 9.59 Å². The lowest BCUT2D eigenvalue weighted by atomic mass is 9.68. The van der Waals surface area contributed by atoms with Crippen LogP contribution in [-0.4, -0.2) is 18.9 Å². The Hall–Kier alpha value is -3.66. The molecule has 154 valence electrons. The summed E-state index contributed by atoms with van der Waals surface area (Å²) < 4.78 is 5.23. The van der Waals surface area contributed by atoms with Gasteiger partial charge in [-0.05, 0) is 35.4 Å². The average Bonchev–Trinajstić information content (AvgIpc) is 3.10. The van der Waals surface area contributed by atoms with E-state index in [2.05, 4.69) is 12.2 Å². The lowest BCUT2D eigenvalue weighted by Gasteiger charge is -2.32. The van der Waals surface area contributed by atoms with Crippen molar-refractivity contribution in [1.29, 1.82) is 0 Å². The monoisotopic (exact) mass is 409 g/mol. The maximum atomic E-state index is 13.7. The fourth-order valence-electron chi connectivity index (χ4n) is 4.92. The van der Waals surface area contributed by atoms with Crippen molar-refractivity contribution in [2.24, 2.45) is 11.8 Å². The number of allylic oxidation sites excluding steroid dienone is 2. The van der Waals surface area contributed by atoms with Crippen LogP contribution in [0.25, 0.3) is 0 Å². The van der Waals surface area contributed by atoms with E-state index < -0.39 is 11.8 Å². The number of carbonyl (C=O) groups excluding carboxylic acids is 2. The maximum absolute atomic E-state index is 13.7. The van der Waals surface area contributed by atoms with Gasteiger partial charge in [-0.2, -0.15) is 0 Å².